The van der Waals surface area contributed by atoms with Crippen molar-refractivity contribution in [3.63, 3.8) is 0 Å². The molecule has 8 heteroatoms. The zero-order chi connectivity index (χ0) is 19.9. The van der Waals surface area contributed by atoms with Crippen molar-refractivity contribution in [3.05, 3.63) is 66.7 Å². The molecule has 0 aliphatic rings. The lowest BCUT2D eigenvalue weighted by Crippen LogP contribution is -2.24. The molecule has 1 unspecified atom stereocenters. The van der Waals surface area contributed by atoms with Gasteiger partial charge in [-0.05, 0) is 50.2 Å². The second-order valence-electron chi connectivity index (χ2n) is 6.27. The number of aromatic nitrogens is 3. The summed E-state index contributed by atoms with van der Waals surface area (Å²) in [4.78, 5) is 28.1. The van der Waals surface area contributed by atoms with Crippen LogP contribution in [0.2, 0.25) is 0 Å². The maximum absolute atomic E-state index is 12.2. The minimum absolute atomic E-state index is 0.0863. The molecule has 8 nitrogen and oxygen atoms in total. The molecule has 3 rings (SSSR count). The van der Waals surface area contributed by atoms with Gasteiger partial charge in [0.05, 0.1) is 0 Å². The van der Waals surface area contributed by atoms with Gasteiger partial charge in [0.2, 0.25) is 5.91 Å². The van der Waals surface area contributed by atoms with Gasteiger partial charge in [0.25, 0.3) is 5.91 Å². The van der Waals surface area contributed by atoms with Crippen LogP contribution in [0.25, 0.3) is 0 Å². The molecule has 0 bridgehead atoms. The quantitative estimate of drug-likeness (QED) is 0.658. The van der Waals surface area contributed by atoms with E-state index in [2.05, 4.69) is 20.7 Å². The molecule has 0 spiro atoms. The maximum Gasteiger partial charge on any atom is 0.262 e. The fourth-order valence-corrected chi connectivity index (χ4v) is 2.40. The smallest absolute Gasteiger partial charge is 0.262 e. The van der Waals surface area contributed by atoms with Gasteiger partial charge in [-0.3, -0.25) is 9.59 Å². The molecular formula is C20H21N5O3. The monoisotopic (exact) mass is 379 g/mol. The number of carbonyl (C=O) groups excluding carboxylic acids is 2. The van der Waals surface area contributed by atoms with Crippen LogP contribution >= 0.6 is 0 Å². The molecule has 0 radical (unpaired) electrons. The Bertz CT molecular complexity index is 921. The molecule has 2 N–H and O–H groups in total. The van der Waals surface area contributed by atoms with E-state index in [0.29, 0.717) is 17.1 Å². The summed E-state index contributed by atoms with van der Waals surface area (Å²) in [6.07, 6.45) is 2.87. The van der Waals surface area contributed by atoms with Crippen molar-refractivity contribution < 1.29 is 14.3 Å². The van der Waals surface area contributed by atoms with Crippen LogP contribution in [0.1, 0.15) is 18.5 Å². The van der Waals surface area contributed by atoms with Crippen molar-refractivity contribution in [2.45, 2.75) is 19.9 Å². The molecule has 1 atom stereocenters. The number of nitrogens with one attached hydrogen (secondary N) is 2. The zero-order valence-electron chi connectivity index (χ0n) is 15.6. The average Bonchev–Trinajstić information content (AvgIpc) is 3.23. The van der Waals surface area contributed by atoms with Crippen LogP contribution in [-0.2, 0) is 9.59 Å². The third-order valence-electron chi connectivity index (χ3n) is 4.04. The Morgan fingerprint density at radius 1 is 1.04 bits per heavy atom. The molecule has 1 heterocycles. The van der Waals surface area contributed by atoms with Crippen LogP contribution in [0, 0.1) is 6.92 Å². The first-order chi connectivity index (χ1) is 13.5. The predicted molar refractivity (Wildman–Crippen MR) is 105 cm³/mol. The van der Waals surface area contributed by atoms with E-state index in [4.69, 9.17) is 4.74 Å². The van der Waals surface area contributed by atoms with Crippen molar-refractivity contribution in [1.29, 1.82) is 0 Å². The Morgan fingerprint density at radius 2 is 1.68 bits per heavy atom. The highest BCUT2D eigenvalue weighted by molar-refractivity contribution is 5.94. The summed E-state index contributed by atoms with van der Waals surface area (Å²) in [6, 6.07) is 13.8. The third kappa shape index (κ3) is 5.16. The van der Waals surface area contributed by atoms with E-state index >= 15 is 0 Å². The van der Waals surface area contributed by atoms with Crippen molar-refractivity contribution in [2.75, 3.05) is 17.2 Å². The van der Waals surface area contributed by atoms with Crippen molar-refractivity contribution in [2.24, 2.45) is 0 Å². The Hall–Kier alpha value is -3.68. The van der Waals surface area contributed by atoms with Crippen molar-refractivity contribution in [3.8, 4) is 5.75 Å². The number of rotatable bonds is 7. The first-order valence-electron chi connectivity index (χ1n) is 8.75. The molecule has 0 fully saturated rings. The number of benzene rings is 2. The van der Waals surface area contributed by atoms with Gasteiger partial charge in [0, 0.05) is 11.4 Å². The first-order valence-corrected chi connectivity index (χ1v) is 8.75. The minimum atomic E-state index is -0.485. The highest BCUT2D eigenvalue weighted by Crippen LogP contribution is 2.16. The fourth-order valence-electron chi connectivity index (χ4n) is 2.40. The molecule has 2 amide bonds. The molecule has 2 aromatic carbocycles. The Balaban J connectivity index is 1.49. The number of carbonyl (C=O) groups is 2. The maximum atomic E-state index is 12.2. The highest BCUT2D eigenvalue weighted by atomic mass is 16.5. The summed E-state index contributed by atoms with van der Waals surface area (Å²) < 4.78 is 6.92. The molecule has 0 aliphatic heterocycles. The number of aryl methyl sites for hydroxylation is 1. The largest absolute Gasteiger partial charge is 0.484 e. The normalized spacial score (nSPS) is 11.5. The lowest BCUT2D eigenvalue weighted by atomic mass is 10.2. The van der Waals surface area contributed by atoms with Gasteiger partial charge in [0.15, 0.2) is 6.61 Å². The van der Waals surface area contributed by atoms with Gasteiger partial charge >= 0.3 is 0 Å². The van der Waals surface area contributed by atoms with E-state index in [9.17, 15) is 9.59 Å². The summed E-state index contributed by atoms with van der Waals surface area (Å²) in [5.74, 6) is 0.159. The molecule has 3 aromatic rings. The van der Waals surface area contributed by atoms with Crippen LogP contribution in [0.4, 0.5) is 11.4 Å². The first kappa shape index (κ1) is 19.1. The molecular weight excluding hydrogens is 358 g/mol. The Labute approximate surface area is 162 Å². The minimum Gasteiger partial charge on any atom is -0.484 e. The van der Waals surface area contributed by atoms with Gasteiger partial charge in [-0.15, -0.1) is 0 Å². The van der Waals surface area contributed by atoms with Gasteiger partial charge in [-0.2, -0.15) is 5.10 Å². The van der Waals surface area contributed by atoms with Gasteiger partial charge in [-0.1, -0.05) is 17.7 Å². The molecule has 144 valence electrons. The summed E-state index contributed by atoms with van der Waals surface area (Å²) >= 11 is 0. The van der Waals surface area contributed by atoms with E-state index in [1.54, 1.807) is 31.2 Å². The summed E-state index contributed by atoms with van der Waals surface area (Å²) in [5.41, 5.74) is 2.35. The number of amides is 2. The number of hydrogen-bond donors (Lipinski definition) is 2. The van der Waals surface area contributed by atoms with E-state index in [0.717, 1.165) is 5.56 Å². The van der Waals surface area contributed by atoms with E-state index < -0.39 is 6.04 Å². The Kier molecular flexibility index (Phi) is 6.01. The lowest BCUT2D eigenvalue weighted by Gasteiger charge is -2.12. The number of ether oxygens (including phenoxy) is 1. The molecule has 0 saturated heterocycles. The van der Waals surface area contributed by atoms with Crippen LogP contribution in [0.3, 0.4) is 0 Å². The van der Waals surface area contributed by atoms with Crippen LogP contribution in [-0.4, -0.2) is 33.2 Å². The van der Waals surface area contributed by atoms with Crippen LogP contribution in [0.15, 0.2) is 61.2 Å². The van der Waals surface area contributed by atoms with Gasteiger partial charge in [0.1, 0.15) is 24.4 Å². The van der Waals surface area contributed by atoms with E-state index in [-0.39, 0.29) is 18.4 Å². The topological polar surface area (TPSA) is 98.1 Å². The molecule has 28 heavy (non-hydrogen) atoms. The fraction of sp³-hybridized carbons (Fsp3) is 0.200. The van der Waals surface area contributed by atoms with Gasteiger partial charge < -0.3 is 15.4 Å². The second kappa shape index (κ2) is 8.81. The predicted octanol–water partition coefficient (Wildman–Crippen LogP) is 2.80. The number of nitrogens with zero attached hydrogens (tertiary/aromatic N) is 3. The number of anilines is 2. The van der Waals surface area contributed by atoms with Gasteiger partial charge in [-0.25, -0.2) is 9.67 Å². The standard InChI is InChI=1S/C20H21N5O3/c1-14-3-9-18(10-4-14)28-11-19(26)23-16-5-7-17(8-6-16)24-20(27)15(2)25-13-21-12-22-25/h3-10,12-13,15H,11H2,1-2H3,(H,23,26)(H,24,27). The van der Waals surface area contributed by atoms with Crippen molar-refractivity contribution >= 4 is 23.2 Å². The highest BCUT2D eigenvalue weighted by Gasteiger charge is 2.15. The Morgan fingerprint density at radius 3 is 2.29 bits per heavy atom. The summed E-state index contributed by atoms with van der Waals surface area (Å²) in [5, 5.41) is 9.50. The molecule has 0 aliphatic carbocycles. The summed E-state index contributed by atoms with van der Waals surface area (Å²) in [6.45, 7) is 3.63. The zero-order valence-corrected chi connectivity index (χ0v) is 15.6. The van der Waals surface area contributed by atoms with Crippen LogP contribution in [0.5, 0.6) is 5.75 Å². The van der Waals surface area contributed by atoms with Crippen LogP contribution < -0.4 is 15.4 Å². The molecule has 0 saturated carbocycles. The second-order valence-corrected chi connectivity index (χ2v) is 6.27. The van der Waals surface area contributed by atoms with E-state index in [1.165, 1.54) is 17.3 Å². The SMILES string of the molecule is Cc1ccc(OCC(=O)Nc2ccc(NC(=O)C(C)n3cncn3)cc2)cc1. The average molecular weight is 379 g/mol. The van der Waals surface area contributed by atoms with E-state index in [1.807, 2.05) is 31.2 Å². The molecule has 1 aromatic heterocycles. The van der Waals surface area contributed by atoms with Crippen molar-refractivity contribution in [1.82, 2.24) is 14.8 Å². The summed E-state index contributed by atoms with van der Waals surface area (Å²) in [7, 11) is 0. The number of hydrogen-bond acceptors (Lipinski definition) is 5. The lowest BCUT2D eigenvalue weighted by molar-refractivity contribution is -0.119. The third-order valence-corrected chi connectivity index (χ3v) is 4.04.